The van der Waals surface area contributed by atoms with Crippen molar-refractivity contribution in [1.29, 1.82) is 0 Å². The average Bonchev–Trinajstić information content (AvgIpc) is 4.05. The molecule has 0 aromatic heterocycles. The van der Waals surface area contributed by atoms with Crippen molar-refractivity contribution in [3.8, 4) is 0 Å². The molecule has 11 heteroatoms. The number of carbonyl (C=O) groups excluding carboxylic acids is 5. The number of Topliss-reactive ketones (excluding diaryl/α,β-unsaturated/α-hetero) is 1. The number of thioether (sulfide) groups is 1. The maximum Gasteiger partial charge on any atom is 0.306 e. The van der Waals surface area contributed by atoms with Gasteiger partial charge in [-0.05, 0) is 80.3 Å². The third-order valence-electron chi connectivity index (χ3n) is 18.0. The number of hydrogen-bond acceptors (Lipinski definition) is 10. The highest BCUT2D eigenvalue weighted by Gasteiger charge is 2.73. The number of ketones is 1. The molecule has 3 rings (SSSR count). The molecule has 0 aromatic rings. The molecule has 1 aliphatic heterocycles. The number of amides is 1. The summed E-state index contributed by atoms with van der Waals surface area (Å²) < 4.78 is 16.9. The summed E-state index contributed by atoms with van der Waals surface area (Å²) >= 11 is 6.42. The van der Waals surface area contributed by atoms with E-state index in [0.29, 0.717) is 59.9 Å². The van der Waals surface area contributed by atoms with Crippen molar-refractivity contribution in [2.24, 2.45) is 29.1 Å². The van der Waals surface area contributed by atoms with Crippen molar-refractivity contribution >= 4 is 54.0 Å². The van der Waals surface area contributed by atoms with Crippen LogP contribution in [-0.4, -0.2) is 72.2 Å². The second-order valence-corrected chi connectivity index (χ2v) is 26.0. The van der Waals surface area contributed by atoms with Gasteiger partial charge in [0.05, 0.1) is 0 Å². The Balaban J connectivity index is 1.18. The molecule has 0 radical (unpaired) electrons. The van der Waals surface area contributed by atoms with Gasteiger partial charge in [0.2, 0.25) is 5.91 Å². The van der Waals surface area contributed by atoms with Gasteiger partial charge >= 0.3 is 17.9 Å². The van der Waals surface area contributed by atoms with Crippen LogP contribution in [0.2, 0.25) is 0 Å². The number of rotatable bonds is 54. The zero-order valence-electron chi connectivity index (χ0n) is 50.1. The summed E-state index contributed by atoms with van der Waals surface area (Å²) in [6.07, 6.45) is 50.2. The molecule has 0 aromatic carbocycles. The summed E-state index contributed by atoms with van der Waals surface area (Å²) in [6, 6.07) is 0. The van der Waals surface area contributed by atoms with Crippen molar-refractivity contribution in [2.45, 2.75) is 327 Å². The Morgan fingerprint density at radius 2 is 0.948 bits per heavy atom. The van der Waals surface area contributed by atoms with Gasteiger partial charge in [-0.15, -0.1) is 0 Å². The van der Waals surface area contributed by atoms with Gasteiger partial charge in [0.15, 0.2) is 6.10 Å². The fourth-order valence-electron chi connectivity index (χ4n) is 13.1. The van der Waals surface area contributed by atoms with E-state index in [2.05, 4.69) is 50.5 Å². The van der Waals surface area contributed by atoms with Gasteiger partial charge in [0, 0.05) is 55.6 Å². The lowest BCUT2D eigenvalue weighted by Crippen LogP contribution is -2.39. The lowest BCUT2D eigenvalue weighted by molar-refractivity contribution is -0.167. The molecule has 77 heavy (non-hydrogen) atoms. The van der Waals surface area contributed by atoms with Gasteiger partial charge in [-0.25, -0.2) is 0 Å². The van der Waals surface area contributed by atoms with Crippen LogP contribution in [0.1, 0.15) is 316 Å². The van der Waals surface area contributed by atoms with Crippen LogP contribution in [0.5, 0.6) is 0 Å². The van der Waals surface area contributed by atoms with Gasteiger partial charge in [0.25, 0.3) is 0 Å². The van der Waals surface area contributed by atoms with Crippen LogP contribution in [-0.2, 0) is 38.2 Å². The van der Waals surface area contributed by atoms with E-state index in [1.807, 2.05) is 0 Å². The summed E-state index contributed by atoms with van der Waals surface area (Å²) in [5.41, 5.74) is 0.434. The van der Waals surface area contributed by atoms with Crippen molar-refractivity contribution in [1.82, 2.24) is 5.32 Å². The topological polar surface area (TPSA) is 125 Å². The van der Waals surface area contributed by atoms with E-state index >= 15 is 0 Å². The molecule has 2 aliphatic carbocycles. The van der Waals surface area contributed by atoms with Gasteiger partial charge in [0.1, 0.15) is 19.0 Å². The van der Waals surface area contributed by atoms with E-state index in [-0.39, 0.29) is 42.9 Å². The molecule has 1 N–H and O–H groups in total. The SMILES string of the molecule is CCCCCCCCCCCCCCCCCC(=O)OCC(COC(=O)CCCCCCCCCCCNC(=O)CCCCC1SCC23C(C)C2CC(=O)C(CC)C13)OC(=O)CCCCCCCCCCCCCCCS. The Morgan fingerprint density at radius 1 is 0.545 bits per heavy atom. The number of unbranched alkanes of at least 4 members (excludes halogenated alkanes) is 35. The standard InChI is InChI=1S/C66H119NO8S2/c1-4-6-7-8-9-10-11-12-13-15-18-22-27-32-37-46-62(70)73-52-56(75-64(72)48-39-34-29-23-19-16-14-17-20-26-31-36-43-50-76)53-74-63(71)47-38-33-28-24-21-25-30-35-42-49-67-61(69)45-41-40-44-60-65-57(5-2)59(68)51-58-55(3)66(58,65)54-77-60/h55-58,60,65,76H,4-54H2,1-3H3,(H,67,69). The number of esters is 3. The molecule has 7 unspecified atom stereocenters. The summed E-state index contributed by atoms with van der Waals surface area (Å²) in [5, 5.41) is 3.73. The Hall–Kier alpha value is -1.75. The number of nitrogens with one attached hydrogen (secondary N) is 1. The van der Waals surface area contributed by atoms with Crippen LogP contribution in [0.4, 0.5) is 0 Å². The summed E-state index contributed by atoms with van der Waals surface area (Å²) in [7, 11) is 0. The lowest BCUT2D eigenvalue weighted by atomic mass is 9.68. The second kappa shape index (κ2) is 45.8. The summed E-state index contributed by atoms with van der Waals surface area (Å²) in [6.45, 7) is 7.42. The fraction of sp³-hybridized carbons (Fsp3) is 0.924. The Labute approximate surface area is 482 Å². The molecule has 9 nitrogen and oxygen atoms in total. The summed E-state index contributed by atoms with van der Waals surface area (Å²) in [5.74, 6) is 4.17. The molecule has 448 valence electrons. The molecule has 1 amide bonds. The molecule has 7 atom stereocenters. The number of hydrogen-bond donors (Lipinski definition) is 2. The molecule has 1 saturated heterocycles. The van der Waals surface area contributed by atoms with Gasteiger partial charge in [-0.3, -0.25) is 24.0 Å². The van der Waals surface area contributed by atoms with Crippen molar-refractivity contribution < 1.29 is 38.2 Å². The number of thiol groups is 1. The van der Waals surface area contributed by atoms with Crippen LogP contribution < -0.4 is 5.32 Å². The first-order chi connectivity index (χ1) is 37.7. The van der Waals surface area contributed by atoms with E-state index in [1.165, 1.54) is 166 Å². The Bertz CT molecular complexity index is 1530. The van der Waals surface area contributed by atoms with E-state index in [0.717, 1.165) is 121 Å². The highest BCUT2D eigenvalue weighted by Crippen LogP contribution is 2.75. The normalized spacial score (nSPS) is 20.9. The van der Waals surface area contributed by atoms with Crippen LogP contribution in [0.15, 0.2) is 0 Å². The molecular formula is C66H119NO8S2. The molecule has 0 bridgehead atoms. The zero-order valence-corrected chi connectivity index (χ0v) is 51.9. The molecule has 1 heterocycles. The van der Waals surface area contributed by atoms with Crippen molar-refractivity contribution in [2.75, 3.05) is 31.3 Å². The molecule has 1 spiro atoms. The summed E-state index contributed by atoms with van der Waals surface area (Å²) in [4.78, 5) is 63.8. The van der Waals surface area contributed by atoms with Crippen LogP contribution >= 0.6 is 24.4 Å². The van der Waals surface area contributed by atoms with Crippen molar-refractivity contribution in [3.63, 3.8) is 0 Å². The zero-order chi connectivity index (χ0) is 55.4. The molecular weight excluding hydrogens is 999 g/mol. The van der Waals surface area contributed by atoms with E-state index in [1.54, 1.807) is 0 Å². The fourth-order valence-corrected chi connectivity index (χ4v) is 15.5. The minimum Gasteiger partial charge on any atom is -0.462 e. The highest BCUT2D eigenvalue weighted by molar-refractivity contribution is 8.00. The third-order valence-corrected chi connectivity index (χ3v) is 20.0. The monoisotopic (exact) mass is 1120 g/mol. The predicted molar refractivity (Wildman–Crippen MR) is 326 cm³/mol. The lowest BCUT2D eigenvalue weighted by Gasteiger charge is -2.35. The highest BCUT2D eigenvalue weighted by atomic mass is 32.2. The van der Waals surface area contributed by atoms with E-state index < -0.39 is 6.10 Å². The van der Waals surface area contributed by atoms with E-state index in [4.69, 9.17) is 14.2 Å². The van der Waals surface area contributed by atoms with E-state index in [9.17, 15) is 24.0 Å². The maximum absolute atomic E-state index is 12.9. The van der Waals surface area contributed by atoms with Crippen molar-refractivity contribution in [3.05, 3.63) is 0 Å². The predicted octanol–water partition coefficient (Wildman–Crippen LogP) is 18.2. The molecule has 3 fully saturated rings. The average molecular weight is 1120 g/mol. The van der Waals surface area contributed by atoms with Gasteiger partial charge in [-0.2, -0.15) is 24.4 Å². The second-order valence-electron chi connectivity index (χ2n) is 24.3. The van der Waals surface area contributed by atoms with Gasteiger partial charge in [-0.1, -0.05) is 233 Å². The Morgan fingerprint density at radius 3 is 1.39 bits per heavy atom. The largest absolute Gasteiger partial charge is 0.462 e. The minimum atomic E-state index is -0.797. The Kier molecular flexibility index (Phi) is 41.4. The first-order valence-corrected chi connectivity index (χ1v) is 34.9. The smallest absolute Gasteiger partial charge is 0.306 e. The minimum absolute atomic E-state index is 0.0904. The molecule has 2 saturated carbocycles. The van der Waals surface area contributed by atoms with Crippen LogP contribution in [0, 0.1) is 29.1 Å². The number of carbonyl (C=O) groups is 5. The van der Waals surface area contributed by atoms with Crippen LogP contribution in [0.3, 0.4) is 0 Å². The quantitative estimate of drug-likeness (QED) is 0.0265. The number of ether oxygens (including phenoxy) is 3. The van der Waals surface area contributed by atoms with Crippen LogP contribution in [0.25, 0.3) is 0 Å². The first kappa shape index (κ1) is 69.5. The van der Waals surface area contributed by atoms with Gasteiger partial charge < -0.3 is 19.5 Å². The third kappa shape index (κ3) is 31.3. The maximum atomic E-state index is 12.9. The molecule has 3 aliphatic rings. The first-order valence-electron chi connectivity index (χ1n) is 33.2.